The molecule has 10 heteroatoms. The Kier molecular flexibility index (Phi) is 4.63. The molecule has 0 bridgehead atoms. The molecule has 0 N–H and O–H groups in total. The van der Waals surface area contributed by atoms with Crippen LogP contribution in [-0.2, 0) is 13.1 Å². The molecule has 3 aliphatic rings. The van der Waals surface area contributed by atoms with Gasteiger partial charge in [0.2, 0.25) is 5.95 Å². The van der Waals surface area contributed by atoms with Gasteiger partial charge in [-0.3, -0.25) is 14.5 Å². The second-order valence-corrected chi connectivity index (χ2v) is 10.7. The number of halogens is 1. The number of aryl methyl sites for hydroxylation is 1. The Bertz CT molecular complexity index is 1310. The molecule has 0 aliphatic carbocycles. The highest BCUT2D eigenvalue weighted by Crippen LogP contribution is 2.44. The number of hydrogen-bond donors (Lipinski definition) is 0. The van der Waals surface area contributed by atoms with Crippen molar-refractivity contribution in [3.8, 4) is 11.8 Å². The van der Waals surface area contributed by atoms with Crippen LogP contribution in [0, 0.1) is 23.7 Å². The number of benzene rings is 1. The van der Waals surface area contributed by atoms with Crippen LogP contribution in [0.2, 0.25) is 5.02 Å². The third-order valence-corrected chi connectivity index (χ3v) is 7.53. The molecule has 0 unspecified atom stereocenters. The van der Waals surface area contributed by atoms with E-state index < -0.39 is 5.54 Å². The maximum Gasteiger partial charge on any atom is 0.231 e. The Morgan fingerprint density at radius 3 is 2.50 bits per heavy atom. The predicted octanol–water partition coefficient (Wildman–Crippen LogP) is 2.96. The number of anilines is 2. The van der Waals surface area contributed by atoms with Crippen molar-refractivity contribution in [1.29, 1.82) is 5.26 Å². The zero-order valence-electron chi connectivity index (χ0n) is 19.5. The smallest absolute Gasteiger partial charge is 0.231 e. The summed E-state index contributed by atoms with van der Waals surface area (Å²) >= 11 is 6.36. The molecule has 2 aromatic heterocycles. The first kappa shape index (κ1) is 21.3. The van der Waals surface area contributed by atoms with Gasteiger partial charge in [-0.05, 0) is 44.5 Å². The molecule has 0 atom stereocenters. The van der Waals surface area contributed by atoms with E-state index in [1.54, 1.807) is 12.4 Å². The molecule has 0 saturated carbocycles. The highest BCUT2D eigenvalue weighted by molar-refractivity contribution is 6.30. The van der Waals surface area contributed by atoms with Crippen LogP contribution in [0.25, 0.3) is 5.69 Å². The van der Waals surface area contributed by atoms with Crippen molar-refractivity contribution in [2.24, 2.45) is 5.41 Å². The maximum absolute atomic E-state index is 9.76. The number of hydrogen-bond acceptors (Lipinski definition) is 8. The molecular formula is C24H26ClN9. The van der Waals surface area contributed by atoms with Crippen LogP contribution in [0.1, 0.15) is 30.9 Å². The number of aromatic nitrogens is 5. The van der Waals surface area contributed by atoms with Gasteiger partial charge in [0.25, 0.3) is 0 Å². The molecule has 2 saturated heterocycles. The van der Waals surface area contributed by atoms with Gasteiger partial charge in [0.05, 0.1) is 24.0 Å². The van der Waals surface area contributed by atoms with Crippen LogP contribution in [0.15, 0.2) is 30.6 Å². The molecular weight excluding hydrogens is 450 g/mol. The molecule has 2 fully saturated rings. The SMILES string of the molecule is Cc1nccnc1N1CC2(C1)CN(c1nnc3n1-c1ccc(Cl)cc1CN(C(C)(C)C#N)C3)C2. The molecule has 34 heavy (non-hydrogen) atoms. The molecule has 0 amide bonds. The van der Waals surface area contributed by atoms with Gasteiger partial charge < -0.3 is 9.80 Å². The average molecular weight is 476 g/mol. The van der Waals surface area contributed by atoms with E-state index in [1.165, 1.54) is 0 Å². The Labute approximate surface area is 203 Å². The second kappa shape index (κ2) is 7.39. The lowest BCUT2D eigenvalue weighted by Crippen LogP contribution is -2.73. The third-order valence-electron chi connectivity index (χ3n) is 7.30. The molecule has 1 spiro atoms. The molecule has 6 rings (SSSR count). The van der Waals surface area contributed by atoms with Gasteiger partial charge in [-0.15, -0.1) is 10.2 Å². The molecule has 0 radical (unpaired) electrons. The molecule has 174 valence electrons. The zero-order valence-corrected chi connectivity index (χ0v) is 20.3. The van der Waals surface area contributed by atoms with Gasteiger partial charge in [-0.25, -0.2) is 4.98 Å². The van der Waals surface area contributed by atoms with Gasteiger partial charge in [-0.2, -0.15) is 5.26 Å². The van der Waals surface area contributed by atoms with Gasteiger partial charge in [0.1, 0.15) is 11.4 Å². The highest BCUT2D eigenvalue weighted by atomic mass is 35.5. The van der Waals surface area contributed by atoms with Crippen molar-refractivity contribution in [2.45, 2.75) is 39.4 Å². The normalized spacial score (nSPS) is 19.0. The maximum atomic E-state index is 9.76. The summed E-state index contributed by atoms with van der Waals surface area (Å²) in [6.07, 6.45) is 3.49. The van der Waals surface area contributed by atoms with E-state index in [-0.39, 0.29) is 5.41 Å². The Balaban J connectivity index is 1.27. The van der Waals surface area contributed by atoms with Crippen molar-refractivity contribution in [3.05, 3.63) is 52.7 Å². The van der Waals surface area contributed by atoms with Crippen molar-refractivity contribution in [3.63, 3.8) is 0 Å². The monoisotopic (exact) mass is 475 g/mol. The van der Waals surface area contributed by atoms with E-state index in [0.29, 0.717) is 18.1 Å². The van der Waals surface area contributed by atoms with E-state index >= 15 is 0 Å². The fourth-order valence-electron chi connectivity index (χ4n) is 5.39. The van der Waals surface area contributed by atoms with Crippen LogP contribution in [0.5, 0.6) is 0 Å². The first-order valence-corrected chi connectivity index (χ1v) is 11.8. The standard InChI is InChI=1S/C24H26ClN9/c1-16-21(28-7-6-27-16)31-12-24(13-31)14-32(15-24)22-30-29-20-10-33(23(2,3)11-26)9-17-8-18(25)4-5-19(17)34(20)22/h4-8H,9-10,12-15H2,1-3H3. The summed E-state index contributed by atoms with van der Waals surface area (Å²) in [7, 11) is 0. The average Bonchev–Trinajstić information content (AvgIpc) is 3.07. The van der Waals surface area contributed by atoms with Crippen molar-refractivity contribution in [1.82, 2.24) is 29.6 Å². The van der Waals surface area contributed by atoms with Gasteiger partial charge in [0.15, 0.2) is 5.82 Å². The van der Waals surface area contributed by atoms with Crippen molar-refractivity contribution >= 4 is 23.4 Å². The number of fused-ring (bicyclic) bond motifs is 3. The van der Waals surface area contributed by atoms with E-state index in [2.05, 4.69) is 45.5 Å². The Hall–Kier alpha value is -3.22. The second-order valence-electron chi connectivity index (χ2n) is 10.2. The van der Waals surface area contributed by atoms with E-state index in [1.807, 2.05) is 39.0 Å². The van der Waals surface area contributed by atoms with E-state index in [4.69, 9.17) is 11.6 Å². The topological polar surface area (TPSA) is 90.0 Å². The number of rotatable bonds is 3. The summed E-state index contributed by atoms with van der Waals surface area (Å²) in [6, 6.07) is 8.35. The molecule has 9 nitrogen and oxygen atoms in total. The van der Waals surface area contributed by atoms with Crippen molar-refractivity contribution in [2.75, 3.05) is 36.0 Å². The Morgan fingerprint density at radius 2 is 1.76 bits per heavy atom. The van der Waals surface area contributed by atoms with Crippen molar-refractivity contribution < 1.29 is 0 Å². The summed E-state index contributed by atoms with van der Waals surface area (Å²) in [5.41, 5.74) is 2.67. The van der Waals surface area contributed by atoms with E-state index in [9.17, 15) is 5.26 Å². The first-order chi connectivity index (χ1) is 16.3. The number of nitriles is 1. The minimum absolute atomic E-state index is 0.249. The fourth-order valence-corrected chi connectivity index (χ4v) is 5.58. The van der Waals surface area contributed by atoms with Crippen LogP contribution >= 0.6 is 11.6 Å². The lowest BCUT2D eigenvalue weighted by atomic mass is 9.73. The van der Waals surface area contributed by atoms with Crippen LogP contribution < -0.4 is 9.80 Å². The first-order valence-electron chi connectivity index (χ1n) is 11.5. The summed E-state index contributed by atoms with van der Waals surface area (Å²) < 4.78 is 2.15. The summed E-state index contributed by atoms with van der Waals surface area (Å²) in [5.74, 6) is 2.68. The highest BCUT2D eigenvalue weighted by Gasteiger charge is 2.53. The Morgan fingerprint density at radius 1 is 1.03 bits per heavy atom. The van der Waals surface area contributed by atoms with Crippen LogP contribution in [0.4, 0.5) is 11.8 Å². The molecule has 3 aliphatic heterocycles. The predicted molar refractivity (Wildman–Crippen MR) is 129 cm³/mol. The molecule has 1 aromatic carbocycles. The van der Waals surface area contributed by atoms with Crippen LogP contribution in [-0.4, -0.2) is 61.4 Å². The summed E-state index contributed by atoms with van der Waals surface area (Å²) in [4.78, 5) is 15.6. The van der Waals surface area contributed by atoms with Gasteiger partial charge in [-0.1, -0.05) is 11.6 Å². The summed E-state index contributed by atoms with van der Waals surface area (Å²) in [5, 5.41) is 19.6. The largest absolute Gasteiger partial charge is 0.354 e. The fraction of sp³-hybridized carbons (Fsp3) is 0.458. The minimum atomic E-state index is -0.643. The van der Waals surface area contributed by atoms with Gasteiger partial charge >= 0.3 is 0 Å². The lowest BCUT2D eigenvalue weighted by Gasteiger charge is -2.60. The van der Waals surface area contributed by atoms with Crippen LogP contribution in [0.3, 0.4) is 0 Å². The van der Waals surface area contributed by atoms with E-state index in [0.717, 1.165) is 60.7 Å². The number of nitrogens with zero attached hydrogens (tertiary/aromatic N) is 9. The lowest BCUT2D eigenvalue weighted by molar-refractivity contribution is 0.147. The third kappa shape index (κ3) is 3.24. The zero-order chi connectivity index (χ0) is 23.7. The summed E-state index contributed by atoms with van der Waals surface area (Å²) in [6.45, 7) is 10.8. The minimum Gasteiger partial charge on any atom is -0.354 e. The quantitative estimate of drug-likeness (QED) is 0.571. The molecule has 3 aromatic rings. The van der Waals surface area contributed by atoms with Gasteiger partial charge in [0, 0.05) is 55.6 Å². The molecule has 5 heterocycles.